The zero-order valence-electron chi connectivity index (χ0n) is 8.36. The van der Waals surface area contributed by atoms with Gasteiger partial charge in [-0.25, -0.2) is 4.79 Å². The molecule has 0 aliphatic rings. The van der Waals surface area contributed by atoms with Crippen molar-refractivity contribution in [3.05, 3.63) is 30.5 Å². The van der Waals surface area contributed by atoms with Crippen LogP contribution in [0.25, 0.3) is 10.9 Å². The molecule has 0 aliphatic carbocycles. The van der Waals surface area contributed by atoms with Gasteiger partial charge in [0.15, 0.2) is 5.75 Å². The van der Waals surface area contributed by atoms with Gasteiger partial charge >= 0.3 is 12.1 Å². The molecule has 7 heteroatoms. The second-order valence-corrected chi connectivity index (χ2v) is 3.31. The number of carbonyl (C=O) groups is 1. The third kappa shape index (κ3) is 2.03. The summed E-state index contributed by atoms with van der Waals surface area (Å²) in [5.41, 5.74) is 0.470. The first-order chi connectivity index (χ1) is 7.89. The van der Waals surface area contributed by atoms with Crippen molar-refractivity contribution >= 4 is 16.9 Å². The van der Waals surface area contributed by atoms with Crippen molar-refractivity contribution in [1.29, 1.82) is 0 Å². The average Bonchev–Trinajstić information content (AvgIpc) is 2.56. The van der Waals surface area contributed by atoms with Crippen LogP contribution in [0, 0.1) is 0 Å². The van der Waals surface area contributed by atoms with Crippen LogP contribution in [0.4, 0.5) is 13.2 Å². The number of halogens is 3. The molecule has 4 nitrogen and oxygen atoms in total. The first kappa shape index (κ1) is 11.3. The Hall–Kier alpha value is -2.18. The standard InChI is InChI=1S/C10H7F3N2O2/c11-10(12,13)9(16)17-8-5-15(14)7-4-2-1-3-6(7)8/h1-5H,14H2. The van der Waals surface area contributed by atoms with Crippen LogP contribution in [0.1, 0.15) is 0 Å². The summed E-state index contributed by atoms with van der Waals surface area (Å²) in [7, 11) is 0. The minimum atomic E-state index is -5.03. The van der Waals surface area contributed by atoms with Gasteiger partial charge < -0.3 is 10.6 Å². The van der Waals surface area contributed by atoms with Gasteiger partial charge in [-0.1, -0.05) is 12.1 Å². The number of carbonyl (C=O) groups excluding carboxylic acids is 1. The Labute approximate surface area is 93.3 Å². The summed E-state index contributed by atoms with van der Waals surface area (Å²) >= 11 is 0. The molecule has 0 atom stereocenters. The fourth-order valence-electron chi connectivity index (χ4n) is 1.41. The molecule has 0 bridgehead atoms. The molecule has 1 aromatic heterocycles. The molecule has 0 amide bonds. The Morgan fingerprint density at radius 3 is 2.59 bits per heavy atom. The summed E-state index contributed by atoms with van der Waals surface area (Å²) < 4.78 is 41.4. The Kier molecular flexibility index (Phi) is 2.45. The van der Waals surface area contributed by atoms with Crippen LogP contribution in [0.15, 0.2) is 30.5 Å². The van der Waals surface area contributed by atoms with Gasteiger partial charge in [0.05, 0.1) is 11.7 Å². The number of ether oxygens (including phenoxy) is 1. The van der Waals surface area contributed by atoms with Crippen LogP contribution in [0.5, 0.6) is 5.75 Å². The lowest BCUT2D eigenvalue weighted by atomic mass is 10.2. The van der Waals surface area contributed by atoms with Gasteiger partial charge in [-0.3, -0.25) is 4.68 Å². The molecule has 1 heterocycles. The first-order valence-electron chi connectivity index (χ1n) is 4.54. The summed E-state index contributed by atoms with van der Waals surface area (Å²) in [5.74, 6) is 3.02. The predicted molar refractivity (Wildman–Crippen MR) is 53.8 cm³/mol. The number of aromatic nitrogens is 1. The Bertz CT molecular complexity index is 574. The van der Waals surface area contributed by atoms with E-state index in [-0.39, 0.29) is 5.75 Å². The number of alkyl halides is 3. The van der Waals surface area contributed by atoms with Gasteiger partial charge in [-0.05, 0) is 12.1 Å². The number of hydrogen-bond acceptors (Lipinski definition) is 3. The van der Waals surface area contributed by atoms with Crippen molar-refractivity contribution in [1.82, 2.24) is 4.68 Å². The molecule has 0 saturated heterocycles. The van der Waals surface area contributed by atoms with Crippen molar-refractivity contribution in [3.63, 3.8) is 0 Å². The number of hydrogen-bond donors (Lipinski definition) is 1. The zero-order chi connectivity index (χ0) is 12.6. The third-order valence-electron chi connectivity index (χ3n) is 2.14. The Balaban J connectivity index is 2.41. The van der Waals surface area contributed by atoms with E-state index in [0.29, 0.717) is 10.9 Å². The van der Waals surface area contributed by atoms with Gasteiger partial charge in [0, 0.05) is 5.39 Å². The van der Waals surface area contributed by atoms with E-state index in [0.717, 1.165) is 10.9 Å². The van der Waals surface area contributed by atoms with E-state index in [1.165, 1.54) is 6.07 Å². The second kappa shape index (κ2) is 3.69. The topological polar surface area (TPSA) is 57.2 Å². The largest absolute Gasteiger partial charge is 0.491 e. The smallest absolute Gasteiger partial charge is 0.417 e. The maximum absolute atomic E-state index is 12.0. The van der Waals surface area contributed by atoms with Crippen molar-refractivity contribution in [2.24, 2.45) is 0 Å². The molecule has 2 N–H and O–H groups in total. The van der Waals surface area contributed by atoms with E-state index in [2.05, 4.69) is 4.74 Å². The number of benzene rings is 1. The number of rotatable bonds is 1. The van der Waals surface area contributed by atoms with E-state index in [1.54, 1.807) is 18.2 Å². The summed E-state index contributed by atoms with van der Waals surface area (Å²) in [6.45, 7) is 0. The monoisotopic (exact) mass is 244 g/mol. The number of nitrogens with two attached hydrogens (primary N) is 1. The normalized spacial score (nSPS) is 11.7. The Morgan fingerprint density at radius 2 is 1.94 bits per heavy atom. The third-order valence-corrected chi connectivity index (χ3v) is 2.14. The molecule has 0 aliphatic heterocycles. The summed E-state index contributed by atoms with van der Waals surface area (Å²) in [5, 5.41) is 0.340. The van der Waals surface area contributed by atoms with E-state index in [1.807, 2.05) is 0 Å². The molecule has 0 fully saturated rings. The highest BCUT2D eigenvalue weighted by Gasteiger charge is 2.41. The maximum Gasteiger partial charge on any atom is 0.491 e. The highest BCUT2D eigenvalue weighted by atomic mass is 19.4. The molecule has 2 rings (SSSR count). The number of fused-ring (bicyclic) bond motifs is 1. The highest BCUT2D eigenvalue weighted by molar-refractivity contribution is 5.90. The zero-order valence-corrected chi connectivity index (χ0v) is 8.36. The predicted octanol–water partition coefficient (Wildman–Crippen LogP) is 1.82. The van der Waals surface area contributed by atoms with Crippen LogP contribution < -0.4 is 10.6 Å². The Morgan fingerprint density at radius 1 is 1.29 bits per heavy atom. The van der Waals surface area contributed by atoms with Gasteiger partial charge in [0.1, 0.15) is 0 Å². The molecular formula is C10H7F3N2O2. The first-order valence-corrected chi connectivity index (χ1v) is 4.54. The van der Waals surface area contributed by atoms with Crippen LogP contribution in [-0.2, 0) is 4.79 Å². The average molecular weight is 244 g/mol. The lowest BCUT2D eigenvalue weighted by Crippen LogP contribution is -2.27. The van der Waals surface area contributed by atoms with Gasteiger partial charge in [0.25, 0.3) is 0 Å². The molecule has 0 radical (unpaired) electrons. The van der Waals surface area contributed by atoms with Gasteiger partial charge in [-0.15, -0.1) is 0 Å². The quantitative estimate of drug-likeness (QED) is 0.615. The van der Waals surface area contributed by atoms with Crippen LogP contribution >= 0.6 is 0 Å². The van der Waals surface area contributed by atoms with Gasteiger partial charge in [-0.2, -0.15) is 13.2 Å². The van der Waals surface area contributed by atoms with Crippen molar-refractivity contribution in [2.45, 2.75) is 6.18 Å². The molecule has 17 heavy (non-hydrogen) atoms. The van der Waals surface area contributed by atoms with E-state index < -0.39 is 12.1 Å². The molecular weight excluding hydrogens is 237 g/mol. The highest BCUT2D eigenvalue weighted by Crippen LogP contribution is 2.28. The molecule has 0 saturated carbocycles. The molecule has 0 unspecified atom stereocenters. The molecule has 2 aromatic rings. The lowest BCUT2D eigenvalue weighted by molar-refractivity contribution is -0.189. The van der Waals surface area contributed by atoms with Crippen molar-refractivity contribution in [2.75, 3.05) is 5.84 Å². The van der Waals surface area contributed by atoms with Gasteiger partial charge in [0.2, 0.25) is 0 Å². The second-order valence-electron chi connectivity index (χ2n) is 3.31. The lowest BCUT2D eigenvalue weighted by Gasteiger charge is -2.04. The van der Waals surface area contributed by atoms with E-state index >= 15 is 0 Å². The van der Waals surface area contributed by atoms with Crippen LogP contribution in [-0.4, -0.2) is 16.8 Å². The summed E-state index contributed by atoms with van der Waals surface area (Å²) in [6, 6.07) is 6.38. The molecule has 90 valence electrons. The molecule has 0 spiro atoms. The van der Waals surface area contributed by atoms with Crippen LogP contribution in [0.3, 0.4) is 0 Å². The SMILES string of the molecule is Nn1cc(OC(=O)C(F)(F)F)c2ccccc21. The number of nitrogens with zero attached hydrogens (tertiary/aromatic N) is 1. The van der Waals surface area contributed by atoms with E-state index in [4.69, 9.17) is 5.84 Å². The minimum absolute atomic E-state index is 0.217. The number of para-hydroxylation sites is 1. The fourth-order valence-corrected chi connectivity index (χ4v) is 1.41. The maximum atomic E-state index is 12.0. The minimum Gasteiger partial charge on any atom is -0.417 e. The number of esters is 1. The van der Waals surface area contributed by atoms with Crippen molar-refractivity contribution < 1.29 is 22.7 Å². The number of nitrogen functional groups attached to an aromatic ring is 1. The summed E-state index contributed by atoms with van der Waals surface area (Å²) in [6.07, 6.45) is -3.91. The van der Waals surface area contributed by atoms with Crippen LogP contribution in [0.2, 0.25) is 0 Å². The van der Waals surface area contributed by atoms with E-state index in [9.17, 15) is 18.0 Å². The van der Waals surface area contributed by atoms with Crippen molar-refractivity contribution in [3.8, 4) is 5.75 Å². The fraction of sp³-hybridized carbons (Fsp3) is 0.100. The summed E-state index contributed by atoms with van der Waals surface area (Å²) in [4.78, 5) is 10.7. The molecule has 1 aromatic carbocycles.